The van der Waals surface area contributed by atoms with Gasteiger partial charge in [-0.1, -0.05) is 19.3 Å². The van der Waals surface area contributed by atoms with Crippen molar-refractivity contribution in [2.45, 2.75) is 58.0 Å². The Bertz CT molecular complexity index is 286. The van der Waals surface area contributed by atoms with Gasteiger partial charge in [0.2, 0.25) is 5.91 Å². The number of likely N-dealkylation sites (N-methyl/N-ethyl adjacent to an activating group) is 1. The van der Waals surface area contributed by atoms with E-state index in [1.165, 1.54) is 19.3 Å². The number of amides is 3. The number of urea groups is 1. The van der Waals surface area contributed by atoms with Crippen LogP contribution in [0.1, 0.15) is 46.0 Å². The lowest BCUT2D eigenvalue weighted by atomic mass is 9.94. The van der Waals surface area contributed by atoms with Gasteiger partial charge in [-0.25, -0.2) is 4.79 Å². The first-order valence-electron chi connectivity index (χ1n) is 6.79. The van der Waals surface area contributed by atoms with E-state index in [0.717, 1.165) is 12.8 Å². The van der Waals surface area contributed by atoms with Crippen molar-refractivity contribution < 1.29 is 9.59 Å². The quantitative estimate of drug-likeness (QED) is 0.800. The molecule has 18 heavy (non-hydrogen) atoms. The Balaban J connectivity index is 2.28. The molecule has 0 saturated heterocycles. The van der Waals surface area contributed by atoms with Crippen LogP contribution in [0.3, 0.4) is 0 Å². The minimum atomic E-state index is -0.410. The van der Waals surface area contributed by atoms with E-state index in [0.29, 0.717) is 6.04 Å². The minimum Gasteiger partial charge on any atom is -0.336 e. The Hall–Kier alpha value is -1.10. The van der Waals surface area contributed by atoms with Gasteiger partial charge in [0.15, 0.2) is 0 Å². The SMILES string of the molecule is CC(C)NC(=O)NC(=O)CN(C)C1CCCCC1. The number of carbonyl (C=O) groups is 2. The van der Waals surface area contributed by atoms with Gasteiger partial charge in [-0.15, -0.1) is 0 Å². The molecule has 0 aromatic carbocycles. The largest absolute Gasteiger partial charge is 0.336 e. The summed E-state index contributed by atoms with van der Waals surface area (Å²) in [4.78, 5) is 25.1. The van der Waals surface area contributed by atoms with E-state index in [-0.39, 0.29) is 18.5 Å². The van der Waals surface area contributed by atoms with Crippen LogP contribution in [0.25, 0.3) is 0 Å². The molecular formula is C13H25N3O2. The molecule has 0 unspecified atom stereocenters. The maximum Gasteiger partial charge on any atom is 0.321 e. The van der Waals surface area contributed by atoms with Gasteiger partial charge in [-0.05, 0) is 33.7 Å². The van der Waals surface area contributed by atoms with Crippen molar-refractivity contribution in [2.24, 2.45) is 0 Å². The number of hydrogen-bond donors (Lipinski definition) is 2. The van der Waals surface area contributed by atoms with Gasteiger partial charge < -0.3 is 5.32 Å². The van der Waals surface area contributed by atoms with Crippen LogP contribution in [-0.4, -0.2) is 42.5 Å². The molecule has 1 fully saturated rings. The van der Waals surface area contributed by atoms with E-state index in [9.17, 15) is 9.59 Å². The van der Waals surface area contributed by atoms with Crippen LogP contribution in [0.5, 0.6) is 0 Å². The lowest BCUT2D eigenvalue weighted by Crippen LogP contribution is -2.47. The third-order valence-electron chi connectivity index (χ3n) is 3.26. The predicted octanol–water partition coefficient (Wildman–Crippen LogP) is 1.49. The molecule has 0 atom stereocenters. The fourth-order valence-electron chi connectivity index (χ4n) is 2.34. The average Bonchev–Trinajstić information content (AvgIpc) is 2.28. The molecule has 3 amide bonds. The predicted molar refractivity (Wildman–Crippen MR) is 71.3 cm³/mol. The molecule has 0 radical (unpaired) electrons. The molecule has 1 aliphatic carbocycles. The van der Waals surface area contributed by atoms with Crippen molar-refractivity contribution in [3.63, 3.8) is 0 Å². The second-order valence-corrected chi connectivity index (χ2v) is 5.38. The van der Waals surface area contributed by atoms with E-state index in [1.54, 1.807) is 0 Å². The highest BCUT2D eigenvalue weighted by Crippen LogP contribution is 2.21. The van der Waals surface area contributed by atoms with E-state index in [1.807, 2.05) is 20.9 Å². The molecule has 2 N–H and O–H groups in total. The van der Waals surface area contributed by atoms with Gasteiger partial charge in [0, 0.05) is 12.1 Å². The maximum absolute atomic E-state index is 11.7. The second kappa shape index (κ2) is 7.36. The number of nitrogens with zero attached hydrogens (tertiary/aromatic N) is 1. The summed E-state index contributed by atoms with van der Waals surface area (Å²) in [6.07, 6.45) is 6.09. The third kappa shape index (κ3) is 5.49. The number of nitrogens with one attached hydrogen (secondary N) is 2. The minimum absolute atomic E-state index is 0.0360. The first-order valence-corrected chi connectivity index (χ1v) is 6.79. The lowest BCUT2D eigenvalue weighted by molar-refractivity contribution is -0.121. The van der Waals surface area contributed by atoms with Crippen molar-refractivity contribution in [1.29, 1.82) is 0 Å². The maximum atomic E-state index is 11.7. The highest BCUT2D eigenvalue weighted by Gasteiger charge is 2.20. The van der Waals surface area contributed by atoms with Crippen LogP contribution in [0, 0.1) is 0 Å². The highest BCUT2D eigenvalue weighted by atomic mass is 16.2. The van der Waals surface area contributed by atoms with E-state index >= 15 is 0 Å². The van der Waals surface area contributed by atoms with E-state index in [4.69, 9.17) is 0 Å². The summed E-state index contributed by atoms with van der Waals surface area (Å²) in [5, 5.41) is 4.99. The Labute approximate surface area is 109 Å². The summed E-state index contributed by atoms with van der Waals surface area (Å²) >= 11 is 0. The molecule has 0 bridgehead atoms. The molecule has 0 heterocycles. The highest BCUT2D eigenvalue weighted by molar-refractivity contribution is 5.95. The Morgan fingerprint density at radius 2 is 1.83 bits per heavy atom. The lowest BCUT2D eigenvalue weighted by Gasteiger charge is -2.30. The first kappa shape index (κ1) is 15.0. The average molecular weight is 255 g/mol. The van der Waals surface area contributed by atoms with E-state index < -0.39 is 6.03 Å². The van der Waals surface area contributed by atoms with Gasteiger partial charge >= 0.3 is 6.03 Å². The fraction of sp³-hybridized carbons (Fsp3) is 0.846. The second-order valence-electron chi connectivity index (χ2n) is 5.38. The molecule has 0 aliphatic heterocycles. The number of hydrogen-bond acceptors (Lipinski definition) is 3. The molecule has 104 valence electrons. The Morgan fingerprint density at radius 3 is 2.39 bits per heavy atom. The van der Waals surface area contributed by atoms with Crippen LogP contribution in [-0.2, 0) is 4.79 Å². The molecule has 5 heteroatoms. The van der Waals surface area contributed by atoms with Crippen LogP contribution in [0.15, 0.2) is 0 Å². The summed E-state index contributed by atoms with van der Waals surface area (Å²) < 4.78 is 0. The molecule has 0 aromatic heterocycles. The van der Waals surface area contributed by atoms with E-state index in [2.05, 4.69) is 15.5 Å². The van der Waals surface area contributed by atoms with Crippen molar-refractivity contribution in [3.05, 3.63) is 0 Å². The third-order valence-corrected chi connectivity index (χ3v) is 3.26. The zero-order valence-corrected chi connectivity index (χ0v) is 11.7. The molecule has 1 aliphatic rings. The van der Waals surface area contributed by atoms with Crippen molar-refractivity contribution in [3.8, 4) is 0 Å². The fourth-order valence-corrected chi connectivity index (χ4v) is 2.34. The zero-order valence-electron chi connectivity index (χ0n) is 11.7. The molecule has 1 saturated carbocycles. The molecule has 1 rings (SSSR count). The van der Waals surface area contributed by atoms with Crippen LogP contribution < -0.4 is 10.6 Å². The van der Waals surface area contributed by atoms with Gasteiger partial charge in [0.25, 0.3) is 0 Å². The monoisotopic (exact) mass is 255 g/mol. The summed E-state index contributed by atoms with van der Waals surface area (Å²) in [5.41, 5.74) is 0. The van der Waals surface area contributed by atoms with Crippen LogP contribution >= 0.6 is 0 Å². The van der Waals surface area contributed by atoms with Crippen molar-refractivity contribution >= 4 is 11.9 Å². The van der Waals surface area contributed by atoms with Crippen molar-refractivity contribution in [2.75, 3.05) is 13.6 Å². The Kier molecular flexibility index (Phi) is 6.12. The summed E-state index contributed by atoms with van der Waals surface area (Å²) in [7, 11) is 1.95. The summed E-state index contributed by atoms with van der Waals surface area (Å²) in [6, 6.07) is 0.110. The topological polar surface area (TPSA) is 61.4 Å². The molecule has 5 nitrogen and oxygen atoms in total. The van der Waals surface area contributed by atoms with Gasteiger partial charge in [0.05, 0.1) is 6.54 Å². The Morgan fingerprint density at radius 1 is 1.22 bits per heavy atom. The normalized spacial score (nSPS) is 16.9. The number of carbonyl (C=O) groups excluding carboxylic acids is 2. The van der Waals surface area contributed by atoms with Crippen LogP contribution in [0.2, 0.25) is 0 Å². The van der Waals surface area contributed by atoms with Gasteiger partial charge in [0.1, 0.15) is 0 Å². The molecule has 0 spiro atoms. The van der Waals surface area contributed by atoms with Crippen molar-refractivity contribution in [1.82, 2.24) is 15.5 Å². The van der Waals surface area contributed by atoms with Crippen LogP contribution in [0.4, 0.5) is 4.79 Å². The zero-order chi connectivity index (χ0) is 13.5. The molecule has 0 aromatic rings. The summed E-state index contributed by atoms with van der Waals surface area (Å²) in [5.74, 6) is -0.235. The van der Waals surface area contributed by atoms with Gasteiger partial charge in [-0.2, -0.15) is 0 Å². The summed E-state index contributed by atoms with van der Waals surface area (Å²) in [6.45, 7) is 4.01. The molecular weight excluding hydrogens is 230 g/mol. The number of imide groups is 1. The smallest absolute Gasteiger partial charge is 0.321 e. The van der Waals surface area contributed by atoms with Gasteiger partial charge in [-0.3, -0.25) is 15.0 Å². The standard InChI is InChI=1S/C13H25N3O2/c1-10(2)14-13(18)15-12(17)9-16(3)11-7-5-4-6-8-11/h10-11H,4-9H2,1-3H3,(H2,14,15,17,18). The first-order chi connectivity index (χ1) is 8.49. The number of rotatable bonds is 4.